The van der Waals surface area contributed by atoms with Gasteiger partial charge in [-0.15, -0.1) is 0 Å². The van der Waals surface area contributed by atoms with Crippen molar-refractivity contribution in [2.75, 3.05) is 23.7 Å². The standard InChI is InChI=1S/C28H28Cl5N3O4S/c1-3-11-34-28(38)26(13-18-7-5-4-6-8-18)35(16-19-9-10-20(29)21(30)12-19)27(37)17-36(41(2,39)40)25-15-23(32)22(31)14-24(25)33/h4-10,12,14-15,26H,3,11,13,16-17H2,1-2H3,(H,34,38). The van der Waals surface area contributed by atoms with Crippen LogP contribution in [0.2, 0.25) is 25.1 Å². The van der Waals surface area contributed by atoms with Crippen molar-refractivity contribution in [3.8, 4) is 0 Å². The molecular weight excluding hydrogens is 652 g/mol. The number of hydrogen-bond acceptors (Lipinski definition) is 4. The molecule has 0 aliphatic carbocycles. The van der Waals surface area contributed by atoms with Crippen LogP contribution in [0, 0.1) is 0 Å². The fraction of sp³-hybridized carbons (Fsp3) is 0.286. The van der Waals surface area contributed by atoms with Gasteiger partial charge in [-0.2, -0.15) is 0 Å². The number of carbonyl (C=O) groups is 2. The van der Waals surface area contributed by atoms with Crippen LogP contribution in [0.3, 0.4) is 0 Å². The van der Waals surface area contributed by atoms with E-state index in [-0.39, 0.29) is 44.7 Å². The van der Waals surface area contributed by atoms with Gasteiger partial charge in [0.25, 0.3) is 0 Å². The van der Waals surface area contributed by atoms with E-state index in [4.69, 9.17) is 58.0 Å². The van der Waals surface area contributed by atoms with Crippen LogP contribution in [-0.2, 0) is 32.6 Å². The predicted molar refractivity (Wildman–Crippen MR) is 168 cm³/mol. The third-order valence-corrected chi connectivity index (χ3v) is 8.99. The second-order valence-electron chi connectivity index (χ2n) is 9.25. The van der Waals surface area contributed by atoms with Gasteiger partial charge in [0, 0.05) is 19.5 Å². The number of anilines is 1. The fourth-order valence-electron chi connectivity index (χ4n) is 4.05. The van der Waals surface area contributed by atoms with E-state index in [0.717, 1.165) is 16.1 Å². The first-order valence-corrected chi connectivity index (χ1v) is 16.2. The number of nitrogens with one attached hydrogen (secondary N) is 1. The maximum Gasteiger partial charge on any atom is 0.244 e. The lowest BCUT2D eigenvalue weighted by Crippen LogP contribution is -2.53. The molecule has 220 valence electrons. The fourth-order valence-corrected chi connectivity index (χ4v) is 5.92. The third-order valence-electron chi connectivity index (χ3n) is 6.09. The number of rotatable bonds is 12. The zero-order valence-corrected chi connectivity index (χ0v) is 26.8. The van der Waals surface area contributed by atoms with E-state index in [1.54, 1.807) is 18.2 Å². The minimum Gasteiger partial charge on any atom is -0.354 e. The van der Waals surface area contributed by atoms with Gasteiger partial charge in [0.05, 0.1) is 37.1 Å². The van der Waals surface area contributed by atoms with Crippen LogP contribution in [0.25, 0.3) is 0 Å². The molecule has 3 aromatic rings. The molecule has 1 unspecified atom stereocenters. The van der Waals surface area contributed by atoms with Crippen molar-refractivity contribution in [1.82, 2.24) is 10.2 Å². The van der Waals surface area contributed by atoms with Crippen molar-refractivity contribution in [2.24, 2.45) is 0 Å². The molecule has 1 N–H and O–H groups in total. The molecule has 0 radical (unpaired) electrons. The second-order valence-corrected chi connectivity index (χ2v) is 13.2. The van der Waals surface area contributed by atoms with Crippen molar-refractivity contribution >= 4 is 85.5 Å². The number of sulfonamides is 1. The molecule has 41 heavy (non-hydrogen) atoms. The van der Waals surface area contributed by atoms with Gasteiger partial charge in [-0.3, -0.25) is 13.9 Å². The van der Waals surface area contributed by atoms with E-state index >= 15 is 0 Å². The summed E-state index contributed by atoms with van der Waals surface area (Å²) < 4.78 is 26.7. The topological polar surface area (TPSA) is 86.8 Å². The Morgan fingerprint density at radius 2 is 1.46 bits per heavy atom. The maximum atomic E-state index is 14.1. The SMILES string of the molecule is CCCNC(=O)C(Cc1ccccc1)N(Cc1ccc(Cl)c(Cl)c1)C(=O)CN(c1cc(Cl)c(Cl)cc1Cl)S(C)(=O)=O. The second kappa shape index (κ2) is 14.8. The van der Waals surface area contributed by atoms with E-state index in [1.807, 2.05) is 37.3 Å². The maximum absolute atomic E-state index is 14.1. The molecule has 0 spiro atoms. The summed E-state index contributed by atoms with van der Waals surface area (Å²) in [7, 11) is -4.04. The summed E-state index contributed by atoms with van der Waals surface area (Å²) >= 11 is 30.9. The minimum atomic E-state index is -4.04. The average Bonchev–Trinajstić information content (AvgIpc) is 2.92. The lowest BCUT2D eigenvalue weighted by molar-refractivity contribution is -0.140. The molecule has 7 nitrogen and oxygen atoms in total. The van der Waals surface area contributed by atoms with Crippen LogP contribution in [0.4, 0.5) is 5.69 Å². The van der Waals surface area contributed by atoms with Crippen LogP contribution in [-0.4, -0.2) is 50.5 Å². The van der Waals surface area contributed by atoms with E-state index in [9.17, 15) is 18.0 Å². The Hall–Kier alpha value is -2.20. The summed E-state index contributed by atoms with van der Waals surface area (Å²) in [6, 6.07) is 15.7. The summed E-state index contributed by atoms with van der Waals surface area (Å²) in [4.78, 5) is 28.9. The van der Waals surface area contributed by atoms with Crippen molar-refractivity contribution in [2.45, 2.75) is 32.4 Å². The Bertz CT molecular complexity index is 1510. The van der Waals surface area contributed by atoms with Crippen LogP contribution < -0.4 is 9.62 Å². The van der Waals surface area contributed by atoms with E-state index in [2.05, 4.69) is 5.32 Å². The first-order chi connectivity index (χ1) is 19.3. The summed E-state index contributed by atoms with van der Waals surface area (Å²) in [5.74, 6) is -1.04. The first-order valence-electron chi connectivity index (χ1n) is 12.5. The third kappa shape index (κ3) is 9.14. The smallest absolute Gasteiger partial charge is 0.244 e. The summed E-state index contributed by atoms with van der Waals surface area (Å²) in [6.07, 6.45) is 1.80. The highest BCUT2D eigenvalue weighted by Gasteiger charge is 2.33. The van der Waals surface area contributed by atoms with Crippen LogP contribution >= 0.6 is 58.0 Å². The normalized spacial score (nSPS) is 12.1. The molecule has 2 amide bonds. The lowest BCUT2D eigenvalue weighted by Gasteiger charge is -2.33. The Morgan fingerprint density at radius 3 is 2.07 bits per heavy atom. The van der Waals surface area contributed by atoms with Crippen LogP contribution in [0.5, 0.6) is 0 Å². The number of amides is 2. The van der Waals surface area contributed by atoms with Crippen molar-refractivity contribution in [3.63, 3.8) is 0 Å². The van der Waals surface area contributed by atoms with Crippen molar-refractivity contribution in [1.29, 1.82) is 0 Å². The molecule has 0 bridgehead atoms. The Morgan fingerprint density at radius 1 is 0.829 bits per heavy atom. The molecule has 0 fully saturated rings. The number of halogens is 5. The highest BCUT2D eigenvalue weighted by molar-refractivity contribution is 7.92. The molecule has 0 saturated heterocycles. The molecule has 3 aromatic carbocycles. The van der Waals surface area contributed by atoms with Gasteiger partial charge < -0.3 is 10.2 Å². The van der Waals surface area contributed by atoms with Gasteiger partial charge in [-0.25, -0.2) is 8.42 Å². The molecule has 0 heterocycles. The lowest BCUT2D eigenvalue weighted by atomic mass is 10.0. The van der Waals surface area contributed by atoms with E-state index in [0.29, 0.717) is 23.6 Å². The minimum absolute atomic E-state index is 0.0183. The predicted octanol–water partition coefficient (Wildman–Crippen LogP) is 6.89. The van der Waals surface area contributed by atoms with Crippen LogP contribution in [0.15, 0.2) is 60.7 Å². The monoisotopic (exact) mass is 677 g/mol. The highest BCUT2D eigenvalue weighted by Crippen LogP contribution is 2.36. The largest absolute Gasteiger partial charge is 0.354 e. The molecule has 3 rings (SSSR count). The van der Waals surface area contributed by atoms with E-state index in [1.165, 1.54) is 17.0 Å². The number of hydrogen-bond donors (Lipinski definition) is 1. The van der Waals surface area contributed by atoms with Gasteiger partial charge in [0.2, 0.25) is 21.8 Å². The van der Waals surface area contributed by atoms with E-state index < -0.39 is 28.5 Å². The molecule has 1 atom stereocenters. The van der Waals surface area contributed by atoms with Crippen molar-refractivity contribution in [3.05, 3.63) is 96.9 Å². The molecule has 0 saturated carbocycles. The molecule has 13 heteroatoms. The molecule has 0 aliphatic rings. The molecule has 0 aliphatic heterocycles. The Labute approximate surface area is 265 Å². The number of benzene rings is 3. The van der Waals surface area contributed by atoms with Crippen LogP contribution in [0.1, 0.15) is 24.5 Å². The van der Waals surface area contributed by atoms with Gasteiger partial charge in [-0.1, -0.05) is 101 Å². The summed E-state index contributed by atoms with van der Waals surface area (Å²) in [5.41, 5.74) is 1.37. The Kier molecular flexibility index (Phi) is 12.0. The van der Waals surface area contributed by atoms with Gasteiger partial charge in [0.1, 0.15) is 12.6 Å². The zero-order valence-electron chi connectivity index (χ0n) is 22.2. The average molecular weight is 680 g/mol. The molecular formula is C28H28Cl5N3O4S. The summed E-state index contributed by atoms with van der Waals surface area (Å²) in [5, 5.41) is 3.62. The van der Waals surface area contributed by atoms with Crippen molar-refractivity contribution < 1.29 is 18.0 Å². The van der Waals surface area contributed by atoms with Gasteiger partial charge in [-0.05, 0) is 41.8 Å². The molecule has 0 aromatic heterocycles. The first kappa shape index (κ1) is 33.3. The Balaban J connectivity index is 2.10. The number of carbonyl (C=O) groups excluding carboxylic acids is 2. The highest BCUT2D eigenvalue weighted by atomic mass is 35.5. The van der Waals surface area contributed by atoms with Gasteiger partial charge in [0.15, 0.2) is 0 Å². The zero-order chi connectivity index (χ0) is 30.3. The van der Waals surface area contributed by atoms with Gasteiger partial charge >= 0.3 is 0 Å². The quantitative estimate of drug-likeness (QED) is 0.212. The summed E-state index contributed by atoms with van der Waals surface area (Å²) in [6.45, 7) is 1.59. The number of nitrogens with zero attached hydrogens (tertiary/aromatic N) is 2.